The Morgan fingerprint density at radius 1 is 1.18 bits per heavy atom. The molecule has 3 rings (SSSR count). The lowest BCUT2D eigenvalue weighted by Gasteiger charge is -2.44. The summed E-state index contributed by atoms with van der Waals surface area (Å²) in [4.78, 5) is 15.1. The van der Waals surface area contributed by atoms with Gasteiger partial charge in [0.2, 0.25) is 0 Å². The van der Waals surface area contributed by atoms with Gasteiger partial charge in [-0.15, -0.1) is 0 Å². The number of benzene rings is 1. The minimum atomic E-state index is -0.0190. The van der Waals surface area contributed by atoms with Crippen LogP contribution in [-0.4, -0.2) is 50.3 Å². The lowest BCUT2D eigenvalue weighted by atomic mass is 9.89. The SMILES string of the molecule is COc1cccc(OC)c1C(=O)N1CCOC2CCCCC21. The van der Waals surface area contributed by atoms with Crippen molar-refractivity contribution in [3.63, 3.8) is 0 Å². The Morgan fingerprint density at radius 3 is 2.55 bits per heavy atom. The van der Waals surface area contributed by atoms with E-state index in [1.165, 1.54) is 6.42 Å². The molecular weight excluding hydrogens is 282 g/mol. The zero-order chi connectivity index (χ0) is 15.5. The van der Waals surface area contributed by atoms with Crippen molar-refractivity contribution in [3.8, 4) is 11.5 Å². The number of rotatable bonds is 3. The summed E-state index contributed by atoms with van der Waals surface area (Å²) in [6.45, 7) is 1.23. The van der Waals surface area contributed by atoms with Gasteiger partial charge >= 0.3 is 0 Å². The first-order valence-corrected chi connectivity index (χ1v) is 7.90. The van der Waals surface area contributed by atoms with Crippen molar-refractivity contribution in [2.24, 2.45) is 0 Å². The Bertz CT molecular complexity index is 521. The highest BCUT2D eigenvalue weighted by Gasteiger charge is 2.38. The summed E-state index contributed by atoms with van der Waals surface area (Å²) in [5, 5.41) is 0. The quantitative estimate of drug-likeness (QED) is 0.861. The molecule has 0 spiro atoms. The Hall–Kier alpha value is -1.75. The van der Waals surface area contributed by atoms with E-state index >= 15 is 0 Å². The number of morpholine rings is 1. The molecule has 5 heteroatoms. The van der Waals surface area contributed by atoms with Gasteiger partial charge in [-0.25, -0.2) is 0 Å². The van der Waals surface area contributed by atoms with Crippen LogP contribution in [0.3, 0.4) is 0 Å². The molecule has 2 atom stereocenters. The van der Waals surface area contributed by atoms with Gasteiger partial charge in [0.15, 0.2) is 0 Å². The molecular formula is C17H23NO4. The molecule has 1 saturated heterocycles. The molecule has 1 aromatic carbocycles. The molecule has 1 aliphatic carbocycles. The molecule has 0 radical (unpaired) electrons. The van der Waals surface area contributed by atoms with Gasteiger partial charge in [0.05, 0.1) is 33.0 Å². The van der Waals surface area contributed by atoms with Crippen molar-refractivity contribution < 1.29 is 19.0 Å². The van der Waals surface area contributed by atoms with E-state index in [1.807, 2.05) is 11.0 Å². The molecule has 5 nitrogen and oxygen atoms in total. The van der Waals surface area contributed by atoms with Crippen molar-refractivity contribution in [1.82, 2.24) is 4.90 Å². The van der Waals surface area contributed by atoms with Crippen LogP contribution in [0, 0.1) is 0 Å². The van der Waals surface area contributed by atoms with E-state index in [1.54, 1.807) is 26.4 Å². The topological polar surface area (TPSA) is 48.0 Å². The number of carbonyl (C=O) groups is 1. The molecule has 2 unspecified atom stereocenters. The van der Waals surface area contributed by atoms with Crippen molar-refractivity contribution in [1.29, 1.82) is 0 Å². The van der Waals surface area contributed by atoms with E-state index in [0.29, 0.717) is 30.2 Å². The van der Waals surface area contributed by atoms with Gasteiger partial charge in [-0.05, 0) is 25.0 Å². The van der Waals surface area contributed by atoms with E-state index in [2.05, 4.69) is 0 Å². The Labute approximate surface area is 131 Å². The first-order chi connectivity index (χ1) is 10.8. The van der Waals surface area contributed by atoms with Crippen LogP contribution in [0.15, 0.2) is 18.2 Å². The van der Waals surface area contributed by atoms with E-state index in [-0.39, 0.29) is 18.1 Å². The zero-order valence-corrected chi connectivity index (χ0v) is 13.2. The first-order valence-electron chi connectivity index (χ1n) is 7.90. The van der Waals surface area contributed by atoms with Crippen LogP contribution in [0.25, 0.3) is 0 Å². The Kier molecular flexibility index (Phi) is 4.52. The monoisotopic (exact) mass is 305 g/mol. The average Bonchev–Trinajstić information content (AvgIpc) is 2.59. The van der Waals surface area contributed by atoms with Gasteiger partial charge in [-0.1, -0.05) is 18.9 Å². The summed E-state index contributed by atoms with van der Waals surface area (Å²) in [5.41, 5.74) is 0.513. The predicted molar refractivity (Wildman–Crippen MR) is 82.6 cm³/mol. The number of fused-ring (bicyclic) bond motifs is 1. The zero-order valence-electron chi connectivity index (χ0n) is 13.2. The number of methoxy groups -OCH3 is 2. The molecule has 1 aromatic rings. The number of carbonyl (C=O) groups excluding carboxylic acids is 1. The number of nitrogens with zero attached hydrogens (tertiary/aromatic N) is 1. The number of amides is 1. The lowest BCUT2D eigenvalue weighted by Crippen LogP contribution is -2.54. The summed E-state index contributed by atoms with van der Waals surface area (Å²) < 4.78 is 16.6. The van der Waals surface area contributed by atoms with Gasteiger partial charge < -0.3 is 19.1 Å². The van der Waals surface area contributed by atoms with Crippen LogP contribution in [-0.2, 0) is 4.74 Å². The maximum absolute atomic E-state index is 13.1. The van der Waals surface area contributed by atoms with Crippen LogP contribution >= 0.6 is 0 Å². The van der Waals surface area contributed by atoms with Crippen LogP contribution in [0.5, 0.6) is 11.5 Å². The Morgan fingerprint density at radius 2 is 1.86 bits per heavy atom. The average molecular weight is 305 g/mol. The normalized spacial score (nSPS) is 24.5. The largest absolute Gasteiger partial charge is 0.496 e. The van der Waals surface area contributed by atoms with Crippen molar-refractivity contribution >= 4 is 5.91 Å². The maximum atomic E-state index is 13.1. The summed E-state index contributed by atoms with van der Waals surface area (Å²) in [7, 11) is 3.16. The van der Waals surface area contributed by atoms with Gasteiger partial charge in [0, 0.05) is 6.54 Å². The van der Waals surface area contributed by atoms with E-state index in [0.717, 1.165) is 19.3 Å². The summed E-state index contributed by atoms with van der Waals surface area (Å²) >= 11 is 0. The van der Waals surface area contributed by atoms with Gasteiger partial charge in [0.25, 0.3) is 5.91 Å². The van der Waals surface area contributed by atoms with Crippen LogP contribution in [0.1, 0.15) is 36.0 Å². The fraction of sp³-hybridized carbons (Fsp3) is 0.588. The van der Waals surface area contributed by atoms with Crippen molar-refractivity contribution in [2.45, 2.75) is 37.8 Å². The van der Waals surface area contributed by atoms with Crippen LogP contribution in [0.2, 0.25) is 0 Å². The molecule has 1 amide bonds. The third-order valence-corrected chi connectivity index (χ3v) is 4.63. The summed E-state index contributed by atoms with van der Waals surface area (Å²) in [6, 6.07) is 5.60. The predicted octanol–water partition coefficient (Wildman–Crippen LogP) is 2.49. The first kappa shape index (κ1) is 15.2. The van der Waals surface area contributed by atoms with Gasteiger partial charge in [0.1, 0.15) is 17.1 Å². The number of ether oxygens (including phenoxy) is 3. The number of hydrogen-bond acceptors (Lipinski definition) is 4. The number of hydrogen-bond donors (Lipinski definition) is 0. The summed E-state index contributed by atoms with van der Waals surface area (Å²) in [5.74, 6) is 1.10. The van der Waals surface area contributed by atoms with Gasteiger partial charge in [-0.2, -0.15) is 0 Å². The minimum absolute atomic E-state index is 0.0190. The molecule has 22 heavy (non-hydrogen) atoms. The van der Waals surface area contributed by atoms with Crippen molar-refractivity contribution in [2.75, 3.05) is 27.4 Å². The van der Waals surface area contributed by atoms with Crippen LogP contribution < -0.4 is 9.47 Å². The fourth-order valence-electron chi connectivity index (χ4n) is 3.55. The summed E-state index contributed by atoms with van der Waals surface area (Å²) in [6.07, 6.45) is 4.55. The molecule has 0 aromatic heterocycles. The molecule has 1 heterocycles. The fourth-order valence-corrected chi connectivity index (χ4v) is 3.55. The molecule has 2 aliphatic rings. The Balaban J connectivity index is 1.93. The molecule has 0 N–H and O–H groups in total. The lowest BCUT2D eigenvalue weighted by molar-refractivity contribution is -0.0753. The molecule has 1 aliphatic heterocycles. The van der Waals surface area contributed by atoms with E-state index < -0.39 is 0 Å². The highest BCUT2D eigenvalue weighted by molar-refractivity contribution is 6.00. The van der Waals surface area contributed by atoms with Crippen LogP contribution in [0.4, 0.5) is 0 Å². The molecule has 0 bridgehead atoms. The van der Waals surface area contributed by atoms with E-state index in [4.69, 9.17) is 14.2 Å². The standard InChI is InChI=1S/C17H23NO4/c1-20-14-8-5-9-15(21-2)16(14)17(19)18-10-11-22-13-7-4-3-6-12(13)18/h5,8-9,12-13H,3-4,6-7,10-11H2,1-2H3. The second-order valence-corrected chi connectivity index (χ2v) is 5.80. The van der Waals surface area contributed by atoms with E-state index in [9.17, 15) is 4.79 Å². The molecule has 2 fully saturated rings. The molecule has 120 valence electrons. The third kappa shape index (κ3) is 2.65. The highest BCUT2D eigenvalue weighted by atomic mass is 16.5. The van der Waals surface area contributed by atoms with Crippen molar-refractivity contribution in [3.05, 3.63) is 23.8 Å². The smallest absolute Gasteiger partial charge is 0.261 e. The highest BCUT2D eigenvalue weighted by Crippen LogP contribution is 2.34. The molecule has 1 saturated carbocycles. The van der Waals surface area contributed by atoms with Gasteiger partial charge in [-0.3, -0.25) is 4.79 Å². The second kappa shape index (κ2) is 6.57. The maximum Gasteiger partial charge on any atom is 0.261 e. The third-order valence-electron chi connectivity index (χ3n) is 4.63. The minimum Gasteiger partial charge on any atom is -0.496 e. The second-order valence-electron chi connectivity index (χ2n) is 5.80.